The molecular formula is C24H41N3O8. The van der Waals surface area contributed by atoms with Crippen molar-refractivity contribution in [1.29, 1.82) is 0 Å². The second-order valence-electron chi connectivity index (χ2n) is 8.56. The van der Waals surface area contributed by atoms with E-state index in [0.29, 0.717) is 31.8 Å². The van der Waals surface area contributed by atoms with Gasteiger partial charge in [-0.25, -0.2) is 5.48 Å². The van der Waals surface area contributed by atoms with Gasteiger partial charge in [-0.15, -0.1) is 0 Å². The number of benzene rings is 1. The van der Waals surface area contributed by atoms with Gasteiger partial charge in [0.1, 0.15) is 31.1 Å². The molecule has 1 aromatic carbocycles. The van der Waals surface area contributed by atoms with E-state index in [4.69, 9.17) is 9.57 Å². The van der Waals surface area contributed by atoms with Gasteiger partial charge in [0, 0.05) is 37.9 Å². The molecule has 2 amide bonds. The van der Waals surface area contributed by atoms with Crippen LogP contribution >= 0.6 is 0 Å². The van der Waals surface area contributed by atoms with E-state index in [1.807, 2.05) is 13.8 Å². The number of ether oxygens (including phenoxy) is 1. The lowest BCUT2D eigenvalue weighted by Gasteiger charge is -2.31. The number of hydrogen-bond donors (Lipinski definition) is 5. The summed E-state index contributed by atoms with van der Waals surface area (Å²) in [5, 5.41) is 40.5. The SMILES string of the molecule is CCCN(CCC)C(=O)c1cc(C)cc(C(=O)NOC[C@H](O)[C@H](O)[C@H](O)C(O)N(C)CCOC)c1. The fourth-order valence-corrected chi connectivity index (χ4v) is 3.46. The molecule has 1 unspecified atom stereocenters. The first kappa shape index (κ1) is 30.9. The Morgan fingerprint density at radius 3 is 2.14 bits per heavy atom. The number of hydroxylamine groups is 1. The fourth-order valence-electron chi connectivity index (χ4n) is 3.46. The lowest BCUT2D eigenvalue weighted by Crippen LogP contribution is -2.52. The van der Waals surface area contributed by atoms with Gasteiger partial charge in [-0.3, -0.25) is 19.3 Å². The number of carbonyl (C=O) groups is 2. The van der Waals surface area contributed by atoms with Crippen LogP contribution in [0.5, 0.6) is 0 Å². The average Bonchev–Trinajstić information content (AvgIpc) is 2.84. The van der Waals surface area contributed by atoms with E-state index in [2.05, 4.69) is 5.48 Å². The highest BCUT2D eigenvalue weighted by atomic mass is 16.7. The third-order valence-electron chi connectivity index (χ3n) is 5.43. The molecule has 0 saturated heterocycles. The summed E-state index contributed by atoms with van der Waals surface area (Å²) in [4.78, 5) is 33.6. The van der Waals surface area contributed by atoms with Gasteiger partial charge < -0.3 is 30.1 Å². The van der Waals surface area contributed by atoms with Crippen molar-refractivity contribution in [2.45, 2.75) is 58.2 Å². The molecule has 0 aliphatic carbocycles. The van der Waals surface area contributed by atoms with Gasteiger partial charge >= 0.3 is 0 Å². The van der Waals surface area contributed by atoms with Gasteiger partial charge in [0.05, 0.1) is 6.61 Å². The maximum absolute atomic E-state index is 12.9. The zero-order valence-corrected chi connectivity index (χ0v) is 21.3. The molecule has 0 aliphatic heterocycles. The van der Waals surface area contributed by atoms with Crippen molar-refractivity contribution in [3.8, 4) is 0 Å². The van der Waals surface area contributed by atoms with Crippen LogP contribution in [0.3, 0.4) is 0 Å². The Hall–Kier alpha value is -2.12. The first-order valence-electron chi connectivity index (χ1n) is 11.8. The minimum Gasteiger partial charge on any atom is -0.388 e. The van der Waals surface area contributed by atoms with E-state index >= 15 is 0 Å². The van der Waals surface area contributed by atoms with Crippen molar-refractivity contribution >= 4 is 11.8 Å². The first-order valence-corrected chi connectivity index (χ1v) is 11.8. The largest absolute Gasteiger partial charge is 0.388 e. The molecule has 11 heteroatoms. The molecule has 4 atom stereocenters. The van der Waals surface area contributed by atoms with Gasteiger partial charge in [-0.2, -0.15) is 0 Å². The molecule has 1 aromatic rings. The molecule has 1 rings (SSSR count). The predicted octanol–water partition coefficient (Wildman–Crippen LogP) is -0.102. The number of aliphatic hydroxyl groups is 4. The van der Waals surface area contributed by atoms with Gasteiger partial charge in [-0.05, 0) is 50.6 Å². The Labute approximate surface area is 207 Å². The number of likely N-dealkylation sites (N-methyl/N-ethyl adjacent to an activating group) is 1. The van der Waals surface area contributed by atoms with Crippen LogP contribution in [0.15, 0.2) is 18.2 Å². The standard InChI is InChI=1S/C24H41N3O8/c1-6-8-27(9-7-2)23(32)18-13-16(3)12-17(14-18)22(31)25-35-15-19(28)20(29)21(30)24(33)26(4)10-11-34-5/h12-14,19-21,24,28-30,33H,6-11,15H2,1-5H3,(H,25,31)/t19-,20-,21-,24?/m0/s1. The summed E-state index contributed by atoms with van der Waals surface area (Å²) >= 11 is 0. The van der Waals surface area contributed by atoms with Gasteiger partial charge in [0.25, 0.3) is 11.8 Å². The maximum atomic E-state index is 12.9. The average molecular weight is 500 g/mol. The monoisotopic (exact) mass is 499 g/mol. The molecule has 0 aromatic heterocycles. The van der Waals surface area contributed by atoms with Crippen LogP contribution in [-0.4, -0.2) is 114 Å². The number of methoxy groups -OCH3 is 1. The summed E-state index contributed by atoms with van der Waals surface area (Å²) in [6.07, 6.45) is -4.83. The summed E-state index contributed by atoms with van der Waals surface area (Å²) in [5.41, 5.74) is 3.48. The lowest BCUT2D eigenvalue weighted by atomic mass is 10.0. The van der Waals surface area contributed by atoms with Crippen LogP contribution < -0.4 is 5.48 Å². The number of carbonyl (C=O) groups excluding carboxylic acids is 2. The Bertz CT molecular complexity index is 788. The van der Waals surface area contributed by atoms with Crippen molar-refractivity contribution < 1.29 is 39.6 Å². The molecule has 11 nitrogen and oxygen atoms in total. The molecule has 5 N–H and O–H groups in total. The Balaban J connectivity index is 2.72. The van der Waals surface area contributed by atoms with Crippen LogP contribution in [0.4, 0.5) is 0 Å². The Morgan fingerprint density at radius 2 is 1.57 bits per heavy atom. The quantitative estimate of drug-likeness (QED) is 0.155. The summed E-state index contributed by atoms with van der Waals surface area (Å²) in [6.45, 7) is 7.05. The number of rotatable bonds is 16. The van der Waals surface area contributed by atoms with Crippen molar-refractivity contribution in [2.24, 2.45) is 0 Å². The van der Waals surface area contributed by atoms with Gasteiger partial charge in [-0.1, -0.05) is 13.8 Å². The lowest BCUT2D eigenvalue weighted by molar-refractivity contribution is -0.159. The molecule has 0 fully saturated rings. The van der Waals surface area contributed by atoms with E-state index < -0.39 is 37.1 Å². The fraction of sp³-hybridized carbons (Fsp3) is 0.667. The molecule has 0 aliphatic rings. The second-order valence-corrected chi connectivity index (χ2v) is 8.56. The van der Waals surface area contributed by atoms with Crippen molar-refractivity contribution in [3.63, 3.8) is 0 Å². The maximum Gasteiger partial charge on any atom is 0.274 e. The molecular weight excluding hydrogens is 458 g/mol. The van der Waals surface area contributed by atoms with Gasteiger partial charge in [0.2, 0.25) is 0 Å². The number of aliphatic hydroxyl groups excluding tert-OH is 4. The van der Waals surface area contributed by atoms with E-state index in [1.165, 1.54) is 25.1 Å². The van der Waals surface area contributed by atoms with E-state index in [-0.39, 0.29) is 11.5 Å². The number of hydrogen-bond acceptors (Lipinski definition) is 9. The summed E-state index contributed by atoms with van der Waals surface area (Å²) in [5.74, 6) is -0.796. The molecule has 0 bridgehead atoms. The normalized spacial score (nSPS) is 14.9. The zero-order valence-electron chi connectivity index (χ0n) is 21.3. The van der Waals surface area contributed by atoms with Crippen LogP contribution in [0, 0.1) is 6.92 Å². The molecule has 0 radical (unpaired) electrons. The smallest absolute Gasteiger partial charge is 0.274 e. The first-order chi connectivity index (χ1) is 16.6. The van der Waals surface area contributed by atoms with E-state index in [9.17, 15) is 30.0 Å². The number of amides is 2. The molecule has 0 spiro atoms. The highest BCUT2D eigenvalue weighted by molar-refractivity contribution is 5.99. The summed E-state index contributed by atoms with van der Waals surface area (Å²) in [7, 11) is 3.01. The summed E-state index contributed by atoms with van der Waals surface area (Å²) in [6, 6.07) is 4.79. The molecule has 0 saturated carbocycles. The highest BCUT2D eigenvalue weighted by Crippen LogP contribution is 2.14. The zero-order chi connectivity index (χ0) is 26.5. The van der Waals surface area contributed by atoms with E-state index in [0.717, 1.165) is 18.4 Å². The van der Waals surface area contributed by atoms with Crippen LogP contribution in [0.25, 0.3) is 0 Å². The molecule has 200 valence electrons. The van der Waals surface area contributed by atoms with Gasteiger partial charge in [0.15, 0.2) is 0 Å². The van der Waals surface area contributed by atoms with Crippen LogP contribution in [-0.2, 0) is 9.57 Å². The van der Waals surface area contributed by atoms with Crippen LogP contribution in [0.2, 0.25) is 0 Å². The Kier molecular flexibility index (Phi) is 13.9. The van der Waals surface area contributed by atoms with Crippen molar-refractivity contribution in [3.05, 3.63) is 34.9 Å². The number of nitrogens with zero attached hydrogens (tertiary/aromatic N) is 2. The van der Waals surface area contributed by atoms with Crippen LogP contribution in [0.1, 0.15) is 53.0 Å². The molecule has 0 heterocycles. The molecule has 35 heavy (non-hydrogen) atoms. The highest BCUT2D eigenvalue weighted by Gasteiger charge is 2.32. The number of aryl methyl sites for hydroxylation is 1. The third kappa shape index (κ3) is 9.80. The second kappa shape index (κ2) is 15.8. The minimum absolute atomic E-state index is 0.158. The number of nitrogens with one attached hydrogen (secondary N) is 1. The minimum atomic E-state index is -1.74. The summed E-state index contributed by atoms with van der Waals surface area (Å²) < 4.78 is 4.90. The van der Waals surface area contributed by atoms with E-state index in [1.54, 1.807) is 24.0 Å². The van der Waals surface area contributed by atoms with Crippen molar-refractivity contribution in [2.75, 3.05) is 47.0 Å². The third-order valence-corrected chi connectivity index (χ3v) is 5.43. The predicted molar refractivity (Wildman–Crippen MR) is 130 cm³/mol. The Morgan fingerprint density at radius 1 is 0.971 bits per heavy atom. The topological polar surface area (TPSA) is 152 Å². The van der Waals surface area contributed by atoms with Crippen molar-refractivity contribution in [1.82, 2.24) is 15.3 Å².